The lowest BCUT2D eigenvalue weighted by Gasteiger charge is -2.13. The van der Waals surface area contributed by atoms with Gasteiger partial charge < -0.3 is 5.32 Å². The summed E-state index contributed by atoms with van der Waals surface area (Å²) in [6, 6.07) is 6.35. The summed E-state index contributed by atoms with van der Waals surface area (Å²) >= 11 is 17.9. The molecule has 0 saturated heterocycles. The zero-order valence-electron chi connectivity index (χ0n) is 14.5. The molecule has 6 nitrogen and oxygen atoms in total. The fraction of sp³-hybridized carbons (Fsp3) is 0.176. The van der Waals surface area contributed by atoms with E-state index in [1.54, 1.807) is 0 Å². The first-order valence-electron chi connectivity index (χ1n) is 7.99. The minimum Gasteiger partial charge on any atom is -0.322 e. The van der Waals surface area contributed by atoms with Crippen molar-refractivity contribution in [2.45, 2.75) is 19.1 Å². The van der Waals surface area contributed by atoms with Gasteiger partial charge >= 0.3 is 6.18 Å². The fourth-order valence-electron chi connectivity index (χ4n) is 2.33. The van der Waals surface area contributed by atoms with Gasteiger partial charge in [-0.05, 0) is 36.4 Å². The van der Waals surface area contributed by atoms with E-state index in [2.05, 4.69) is 20.7 Å². The van der Waals surface area contributed by atoms with Crippen molar-refractivity contribution in [3.05, 3.63) is 57.0 Å². The molecule has 3 aromatic rings. The first kappa shape index (κ1) is 21.4. The van der Waals surface area contributed by atoms with Crippen LogP contribution in [0.5, 0.6) is 0 Å². The van der Waals surface area contributed by atoms with E-state index in [0.717, 1.165) is 16.9 Å². The molecule has 1 atom stereocenters. The van der Waals surface area contributed by atoms with Gasteiger partial charge in [0.1, 0.15) is 6.04 Å². The zero-order valence-corrected chi connectivity index (χ0v) is 16.8. The first-order chi connectivity index (χ1) is 13.6. The molecule has 152 valence electrons. The van der Waals surface area contributed by atoms with E-state index in [1.807, 2.05) is 0 Å². The highest BCUT2D eigenvalue weighted by Crippen LogP contribution is 2.34. The molecule has 0 spiro atoms. The van der Waals surface area contributed by atoms with Crippen LogP contribution in [0.4, 0.5) is 18.9 Å². The zero-order chi connectivity index (χ0) is 21.3. The van der Waals surface area contributed by atoms with Gasteiger partial charge in [0.05, 0.1) is 21.3 Å². The number of amides is 1. The van der Waals surface area contributed by atoms with Gasteiger partial charge in [-0.3, -0.25) is 4.79 Å². The van der Waals surface area contributed by atoms with E-state index in [4.69, 9.17) is 34.8 Å². The Hall–Kier alpha value is -2.36. The average molecular weight is 465 g/mol. The van der Waals surface area contributed by atoms with Crippen LogP contribution in [-0.4, -0.2) is 26.1 Å². The van der Waals surface area contributed by atoms with Crippen LogP contribution in [0.2, 0.25) is 15.1 Å². The number of carbonyl (C=O) groups is 1. The van der Waals surface area contributed by atoms with Crippen LogP contribution < -0.4 is 5.32 Å². The number of carbonyl (C=O) groups excluding carboxylic acids is 1. The second-order valence-corrected chi connectivity index (χ2v) is 7.17. The molecule has 2 aromatic carbocycles. The van der Waals surface area contributed by atoms with Crippen LogP contribution in [0.25, 0.3) is 11.4 Å². The second kappa shape index (κ2) is 8.17. The van der Waals surface area contributed by atoms with E-state index in [1.165, 1.54) is 31.2 Å². The number of tetrazole rings is 1. The van der Waals surface area contributed by atoms with Crippen molar-refractivity contribution in [1.29, 1.82) is 0 Å². The molecule has 12 heteroatoms. The standard InChI is InChI=1S/C17H11Cl3F3N5O/c1-8(16(29)24-14-12(19)6-11(18)7-13(14)20)28-26-15(25-27-28)9-3-2-4-10(5-9)17(21,22)23/h2-8H,1H3,(H,24,29)/t8-/m1/s1. The maximum absolute atomic E-state index is 12.9. The average Bonchev–Trinajstić information content (AvgIpc) is 3.13. The van der Waals surface area contributed by atoms with Crippen molar-refractivity contribution in [2.75, 3.05) is 5.32 Å². The molecule has 0 aliphatic rings. The lowest BCUT2D eigenvalue weighted by atomic mass is 10.1. The Labute approximate surface area is 177 Å². The van der Waals surface area contributed by atoms with Gasteiger partial charge in [0.25, 0.3) is 5.91 Å². The highest BCUT2D eigenvalue weighted by molar-refractivity contribution is 6.42. The molecule has 0 aliphatic carbocycles. The van der Waals surface area contributed by atoms with Crippen LogP contribution >= 0.6 is 34.8 Å². The van der Waals surface area contributed by atoms with Crippen LogP contribution in [-0.2, 0) is 11.0 Å². The fourth-order valence-corrected chi connectivity index (χ4v) is 3.24. The summed E-state index contributed by atoms with van der Waals surface area (Å²) in [5, 5.41) is 14.6. The Morgan fingerprint density at radius 3 is 2.41 bits per heavy atom. The quantitative estimate of drug-likeness (QED) is 0.552. The third-order valence-corrected chi connectivity index (χ3v) is 4.67. The Kier molecular flexibility index (Phi) is 6.02. The van der Waals surface area contributed by atoms with Crippen molar-refractivity contribution in [1.82, 2.24) is 20.2 Å². The van der Waals surface area contributed by atoms with Crippen LogP contribution in [0.3, 0.4) is 0 Å². The number of hydrogen-bond donors (Lipinski definition) is 1. The summed E-state index contributed by atoms with van der Waals surface area (Å²) in [7, 11) is 0. The van der Waals surface area contributed by atoms with Crippen LogP contribution in [0, 0.1) is 0 Å². The lowest BCUT2D eigenvalue weighted by Crippen LogP contribution is -2.25. The van der Waals surface area contributed by atoms with Crippen LogP contribution in [0.1, 0.15) is 18.5 Å². The molecule has 1 aromatic heterocycles. The molecule has 0 aliphatic heterocycles. The first-order valence-corrected chi connectivity index (χ1v) is 9.12. The van der Waals surface area contributed by atoms with E-state index >= 15 is 0 Å². The topological polar surface area (TPSA) is 72.7 Å². The number of nitrogens with zero attached hydrogens (tertiary/aromatic N) is 4. The highest BCUT2D eigenvalue weighted by atomic mass is 35.5. The predicted molar refractivity (Wildman–Crippen MR) is 103 cm³/mol. The molecule has 0 saturated carbocycles. The maximum atomic E-state index is 12.9. The Bertz CT molecular complexity index is 1050. The molecule has 1 N–H and O–H groups in total. The minimum atomic E-state index is -4.50. The van der Waals surface area contributed by atoms with E-state index in [-0.39, 0.29) is 27.1 Å². The third-order valence-electron chi connectivity index (χ3n) is 3.86. The molecule has 3 rings (SSSR count). The van der Waals surface area contributed by atoms with E-state index in [9.17, 15) is 18.0 Å². The van der Waals surface area contributed by atoms with E-state index in [0.29, 0.717) is 5.02 Å². The number of nitrogens with one attached hydrogen (secondary N) is 1. The third kappa shape index (κ3) is 4.80. The lowest BCUT2D eigenvalue weighted by molar-refractivity contribution is -0.137. The normalized spacial score (nSPS) is 12.7. The van der Waals surface area contributed by atoms with Gasteiger partial charge in [-0.25, -0.2) is 0 Å². The number of rotatable bonds is 4. The van der Waals surface area contributed by atoms with Crippen LogP contribution in [0.15, 0.2) is 36.4 Å². The van der Waals surface area contributed by atoms with Crippen molar-refractivity contribution >= 4 is 46.4 Å². The molecule has 1 amide bonds. The molecule has 0 unspecified atom stereocenters. The van der Waals surface area contributed by atoms with Gasteiger partial charge in [-0.15, -0.1) is 10.2 Å². The summed E-state index contributed by atoms with van der Waals surface area (Å²) in [5.74, 6) is -0.623. The van der Waals surface area contributed by atoms with Gasteiger partial charge in [0, 0.05) is 10.6 Å². The largest absolute Gasteiger partial charge is 0.416 e. The number of hydrogen-bond acceptors (Lipinski definition) is 4. The molecular formula is C17H11Cl3F3N5O. The monoisotopic (exact) mass is 463 g/mol. The molecule has 0 radical (unpaired) electrons. The summed E-state index contributed by atoms with van der Waals surface area (Å²) in [4.78, 5) is 13.5. The summed E-state index contributed by atoms with van der Waals surface area (Å²) in [6.45, 7) is 1.48. The molecule has 29 heavy (non-hydrogen) atoms. The van der Waals surface area contributed by atoms with Gasteiger partial charge in [-0.1, -0.05) is 46.9 Å². The van der Waals surface area contributed by atoms with Crippen molar-refractivity contribution in [3.63, 3.8) is 0 Å². The number of anilines is 1. The Morgan fingerprint density at radius 1 is 1.14 bits per heavy atom. The number of alkyl halides is 3. The van der Waals surface area contributed by atoms with Gasteiger partial charge in [0.15, 0.2) is 0 Å². The summed E-state index contributed by atoms with van der Waals surface area (Å²) < 4.78 is 38.6. The van der Waals surface area contributed by atoms with Crippen molar-refractivity contribution < 1.29 is 18.0 Å². The SMILES string of the molecule is C[C@H](C(=O)Nc1c(Cl)cc(Cl)cc1Cl)n1nnc(-c2cccc(C(F)(F)F)c2)n1. The summed E-state index contributed by atoms with van der Waals surface area (Å²) in [6.07, 6.45) is -4.50. The molecule has 0 bridgehead atoms. The maximum Gasteiger partial charge on any atom is 0.416 e. The van der Waals surface area contributed by atoms with Crippen molar-refractivity contribution in [3.8, 4) is 11.4 Å². The minimum absolute atomic E-state index is 0.0571. The number of halogens is 6. The predicted octanol–water partition coefficient (Wildman–Crippen LogP) is 5.52. The number of benzene rings is 2. The highest BCUT2D eigenvalue weighted by Gasteiger charge is 2.31. The summed E-state index contributed by atoms with van der Waals surface area (Å²) in [5.41, 5.74) is -0.570. The Balaban J connectivity index is 1.81. The van der Waals surface area contributed by atoms with Gasteiger partial charge in [-0.2, -0.15) is 18.0 Å². The van der Waals surface area contributed by atoms with Gasteiger partial charge in [0.2, 0.25) is 5.82 Å². The molecule has 0 fully saturated rings. The smallest absolute Gasteiger partial charge is 0.322 e. The second-order valence-electron chi connectivity index (χ2n) is 5.92. The Morgan fingerprint density at radius 2 is 1.79 bits per heavy atom. The molecule has 1 heterocycles. The number of aromatic nitrogens is 4. The van der Waals surface area contributed by atoms with E-state index < -0.39 is 23.7 Å². The van der Waals surface area contributed by atoms with Crippen molar-refractivity contribution in [2.24, 2.45) is 0 Å². The molecular weight excluding hydrogens is 454 g/mol.